The average Bonchev–Trinajstić information content (AvgIpc) is 2.96. The van der Waals surface area contributed by atoms with Gasteiger partial charge in [0.15, 0.2) is 5.78 Å². The molecule has 0 saturated heterocycles. The van der Waals surface area contributed by atoms with Crippen molar-refractivity contribution in [3.05, 3.63) is 48.3 Å². The zero-order valence-corrected chi connectivity index (χ0v) is 12.7. The molecule has 21 heavy (non-hydrogen) atoms. The second-order valence-corrected chi connectivity index (χ2v) is 5.82. The van der Waals surface area contributed by atoms with Crippen LogP contribution in [0.3, 0.4) is 0 Å². The lowest BCUT2D eigenvalue weighted by Gasteiger charge is -2.16. The predicted molar refractivity (Wildman–Crippen MR) is 84.5 cm³/mol. The second-order valence-electron chi connectivity index (χ2n) is 5.82. The number of nitrogens with two attached hydrogens (primary N) is 1. The number of rotatable bonds is 7. The number of benzene rings is 1. The minimum Gasteiger partial charge on any atom is -0.330 e. The van der Waals surface area contributed by atoms with Gasteiger partial charge in [-0.15, -0.1) is 0 Å². The lowest BCUT2D eigenvalue weighted by molar-refractivity contribution is 0.0949. The molecule has 1 aromatic heterocycles. The van der Waals surface area contributed by atoms with Gasteiger partial charge in [0, 0.05) is 6.42 Å². The highest BCUT2D eigenvalue weighted by molar-refractivity contribution is 5.95. The number of nitrogens with zero attached hydrogens (tertiary/aromatic N) is 2. The molecule has 4 heteroatoms. The Bertz CT molecular complexity index is 575. The average molecular weight is 285 g/mol. The summed E-state index contributed by atoms with van der Waals surface area (Å²) >= 11 is 0. The number of ketones is 1. The zero-order chi connectivity index (χ0) is 15.2. The molecule has 2 aromatic rings. The first-order valence-electron chi connectivity index (χ1n) is 7.44. The maximum absolute atomic E-state index is 12.5. The Morgan fingerprint density at radius 2 is 1.95 bits per heavy atom. The Kier molecular flexibility index (Phi) is 5.28. The number of hydrogen-bond acceptors (Lipinski definition) is 3. The molecule has 0 aliphatic carbocycles. The van der Waals surface area contributed by atoms with Crippen molar-refractivity contribution in [1.29, 1.82) is 0 Å². The molecule has 0 aliphatic heterocycles. The molecule has 4 nitrogen and oxygen atoms in total. The van der Waals surface area contributed by atoms with E-state index in [1.807, 2.05) is 30.3 Å². The van der Waals surface area contributed by atoms with E-state index in [0.717, 1.165) is 12.1 Å². The van der Waals surface area contributed by atoms with Crippen LogP contribution in [-0.2, 0) is 0 Å². The van der Waals surface area contributed by atoms with Crippen LogP contribution in [0.15, 0.2) is 42.6 Å². The third-order valence-corrected chi connectivity index (χ3v) is 3.54. The van der Waals surface area contributed by atoms with Crippen LogP contribution in [0.4, 0.5) is 0 Å². The summed E-state index contributed by atoms with van der Waals surface area (Å²) in [7, 11) is 0. The summed E-state index contributed by atoms with van der Waals surface area (Å²) in [5.74, 6) is 0.884. The fraction of sp³-hybridized carbons (Fsp3) is 0.412. The maximum Gasteiger partial charge on any atom is 0.181 e. The predicted octanol–water partition coefficient (Wildman–Crippen LogP) is 3.07. The van der Waals surface area contributed by atoms with Gasteiger partial charge in [-0.1, -0.05) is 32.0 Å². The molecule has 0 radical (unpaired) electrons. The Morgan fingerprint density at radius 3 is 2.57 bits per heavy atom. The van der Waals surface area contributed by atoms with Gasteiger partial charge in [0.1, 0.15) is 5.69 Å². The largest absolute Gasteiger partial charge is 0.330 e. The first kappa shape index (κ1) is 15.4. The van der Waals surface area contributed by atoms with E-state index in [9.17, 15) is 4.79 Å². The van der Waals surface area contributed by atoms with Crippen molar-refractivity contribution in [2.45, 2.75) is 26.7 Å². The number of aromatic nitrogens is 2. The summed E-state index contributed by atoms with van der Waals surface area (Å²) in [4.78, 5) is 12.5. The molecular formula is C17H23N3O. The summed E-state index contributed by atoms with van der Waals surface area (Å²) < 4.78 is 1.70. The topological polar surface area (TPSA) is 60.9 Å². The highest BCUT2D eigenvalue weighted by Gasteiger charge is 2.19. The van der Waals surface area contributed by atoms with Crippen LogP contribution in [0.1, 0.15) is 37.2 Å². The molecule has 0 fully saturated rings. The first-order chi connectivity index (χ1) is 10.1. The van der Waals surface area contributed by atoms with Crippen LogP contribution in [0.25, 0.3) is 5.69 Å². The van der Waals surface area contributed by atoms with Gasteiger partial charge >= 0.3 is 0 Å². The van der Waals surface area contributed by atoms with E-state index in [2.05, 4.69) is 18.9 Å². The fourth-order valence-electron chi connectivity index (χ4n) is 2.59. The van der Waals surface area contributed by atoms with Crippen molar-refractivity contribution in [2.24, 2.45) is 17.6 Å². The van der Waals surface area contributed by atoms with Gasteiger partial charge in [0.25, 0.3) is 0 Å². The summed E-state index contributed by atoms with van der Waals surface area (Å²) in [6, 6.07) is 11.5. The van der Waals surface area contributed by atoms with Crippen LogP contribution < -0.4 is 5.73 Å². The molecule has 0 aliphatic rings. The number of carbonyl (C=O) groups excluding carboxylic acids is 1. The van der Waals surface area contributed by atoms with E-state index < -0.39 is 0 Å². The van der Waals surface area contributed by atoms with Crippen LogP contribution in [0, 0.1) is 11.8 Å². The number of Topliss-reactive ketones (excluding diaryl/α,β-unsaturated/α-hetero) is 1. The van der Waals surface area contributed by atoms with Gasteiger partial charge in [-0.2, -0.15) is 5.10 Å². The van der Waals surface area contributed by atoms with Gasteiger partial charge in [0.2, 0.25) is 0 Å². The highest BCUT2D eigenvalue weighted by Crippen LogP contribution is 2.18. The smallest absolute Gasteiger partial charge is 0.181 e. The van der Waals surface area contributed by atoms with Crippen LogP contribution >= 0.6 is 0 Å². The molecule has 2 rings (SSSR count). The SMILES string of the molecule is CC(C)CC(CN)CC(=O)c1ccnn1-c1ccccc1. The Labute approximate surface area is 126 Å². The molecule has 1 aromatic carbocycles. The summed E-state index contributed by atoms with van der Waals surface area (Å²) in [5, 5.41) is 4.27. The van der Waals surface area contributed by atoms with Gasteiger partial charge in [-0.3, -0.25) is 4.79 Å². The van der Waals surface area contributed by atoms with Crippen LogP contribution in [0.5, 0.6) is 0 Å². The highest BCUT2D eigenvalue weighted by atomic mass is 16.1. The van der Waals surface area contributed by atoms with E-state index >= 15 is 0 Å². The summed E-state index contributed by atoms with van der Waals surface area (Å²) in [6.45, 7) is 4.85. The molecule has 1 heterocycles. The Hall–Kier alpha value is -1.94. The van der Waals surface area contributed by atoms with Gasteiger partial charge in [-0.25, -0.2) is 4.68 Å². The molecule has 0 saturated carbocycles. The van der Waals surface area contributed by atoms with E-state index in [1.54, 1.807) is 16.9 Å². The van der Waals surface area contributed by atoms with Crippen molar-refractivity contribution in [3.8, 4) is 5.69 Å². The standard InChI is InChI=1S/C17H23N3O/c1-13(2)10-14(12-18)11-17(21)16-8-9-19-20(16)15-6-4-3-5-7-15/h3-9,13-14H,10-12,18H2,1-2H3. The fourth-order valence-corrected chi connectivity index (χ4v) is 2.59. The number of hydrogen-bond donors (Lipinski definition) is 1. The molecular weight excluding hydrogens is 262 g/mol. The summed E-state index contributed by atoms with van der Waals surface area (Å²) in [5.41, 5.74) is 7.33. The molecule has 0 amide bonds. The lowest BCUT2D eigenvalue weighted by Crippen LogP contribution is -2.21. The Balaban J connectivity index is 2.15. The van der Waals surface area contributed by atoms with Crippen molar-refractivity contribution in [3.63, 3.8) is 0 Å². The summed E-state index contributed by atoms with van der Waals surface area (Å²) in [6.07, 6.45) is 3.12. The molecule has 1 atom stereocenters. The van der Waals surface area contributed by atoms with E-state index in [1.165, 1.54) is 0 Å². The minimum absolute atomic E-state index is 0.104. The maximum atomic E-state index is 12.5. The molecule has 0 spiro atoms. The third-order valence-electron chi connectivity index (χ3n) is 3.54. The van der Waals surface area contributed by atoms with E-state index in [4.69, 9.17) is 5.73 Å². The molecule has 2 N–H and O–H groups in total. The molecule has 1 unspecified atom stereocenters. The Morgan fingerprint density at radius 1 is 1.24 bits per heavy atom. The zero-order valence-electron chi connectivity index (χ0n) is 12.7. The first-order valence-corrected chi connectivity index (χ1v) is 7.44. The third kappa shape index (κ3) is 4.02. The quantitative estimate of drug-likeness (QED) is 0.795. The minimum atomic E-state index is 0.104. The lowest BCUT2D eigenvalue weighted by atomic mass is 9.92. The number of para-hydroxylation sites is 1. The van der Waals surface area contributed by atoms with Crippen molar-refractivity contribution < 1.29 is 4.79 Å². The molecule has 0 bridgehead atoms. The number of carbonyl (C=O) groups is 1. The van der Waals surface area contributed by atoms with E-state index in [-0.39, 0.29) is 11.7 Å². The van der Waals surface area contributed by atoms with Crippen LogP contribution in [-0.4, -0.2) is 22.1 Å². The normalized spacial score (nSPS) is 12.6. The molecule has 112 valence electrons. The second kappa shape index (κ2) is 7.18. The monoisotopic (exact) mass is 285 g/mol. The van der Waals surface area contributed by atoms with Crippen molar-refractivity contribution >= 4 is 5.78 Å². The van der Waals surface area contributed by atoms with Crippen molar-refractivity contribution in [2.75, 3.05) is 6.54 Å². The van der Waals surface area contributed by atoms with Gasteiger partial charge < -0.3 is 5.73 Å². The van der Waals surface area contributed by atoms with Crippen LogP contribution in [0.2, 0.25) is 0 Å². The van der Waals surface area contributed by atoms with E-state index in [0.29, 0.717) is 24.6 Å². The van der Waals surface area contributed by atoms with Gasteiger partial charge in [-0.05, 0) is 43.0 Å². The van der Waals surface area contributed by atoms with Crippen molar-refractivity contribution in [1.82, 2.24) is 9.78 Å². The van der Waals surface area contributed by atoms with Gasteiger partial charge in [0.05, 0.1) is 11.9 Å².